The molecule has 1 N–H and O–H groups in total. The monoisotopic (exact) mass is 642 g/mol. The summed E-state index contributed by atoms with van der Waals surface area (Å²) in [6, 6.07) is 35.2. The molecule has 0 saturated heterocycles. The van der Waals surface area contributed by atoms with Crippen LogP contribution in [-0.4, -0.2) is 12.4 Å². The van der Waals surface area contributed by atoms with Crippen molar-refractivity contribution >= 4 is 43.2 Å². The van der Waals surface area contributed by atoms with Gasteiger partial charge in [-0.25, -0.2) is 0 Å². The van der Waals surface area contributed by atoms with E-state index in [0.29, 0.717) is 0 Å². The quantitative estimate of drug-likeness (QED) is 0.220. The average molecular weight is 642 g/mol. The Morgan fingerprint density at radius 2 is 1.28 bits per heavy atom. The maximum absolute atomic E-state index is 12.1. The Kier molecular flexibility index (Phi) is 5.75. The molecule has 1 aliphatic carbocycles. The molecule has 0 bridgehead atoms. The van der Waals surface area contributed by atoms with Crippen molar-refractivity contribution in [3.63, 3.8) is 0 Å². The van der Waals surface area contributed by atoms with Gasteiger partial charge in [-0.05, 0) is 0 Å². The van der Waals surface area contributed by atoms with Crippen molar-refractivity contribution in [1.82, 2.24) is 3.30 Å². The fraction of sp³-hybridized carbons (Fsp3) is 0.0385. The summed E-state index contributed by atoms with van der Waals surface area (Å²) >= 11 is -5.31. The van der Waals surface area contributed by atoms with Gasteiger partial charge in [-0.1, -0.05) is 0 Å². The first kappa shape index (κ1) is 21.8. The van der Waals surface area contributed by atoms with Crippen molar-refractivity contribution in [3.05, 3.63) is 114 Å². The van der Waals surface area contributed by atoms with E-state index in [1.807, 2.05) is 42.5 Å². The molecule has 0 radical (unpaired) electrons. The van der Waals surface area contributed by atoms with Gasteiger partial charge in [0.05, 0.1) is 0 Å². The Balaban J connectivity index is 1.80. The van der Waals surface area contributed by atoms with E-state index < -0.39 is 21.6 Å². The standard InChI is InChI=1S/C13H9.C12H11Si.CH3NO.2ClH.Hf/c1-3-7-12-10(5-1)9-11-6-2-4-8-13(11)12;1-3-7-11(8-4-1)13-12-9-5-2-6-10-12;2-1-3;;;/h1-5,7-8H,9H2;1-10,13H;1H,(H2,2,3);2*1H;/q;;;;;+3/p-3. The van der Waals surface area contributed by atoms with Crippen LogP contribution in [0.1, 0.15) is 11.1 Å². The maximum atomic E-state index is 12.1. The molecule has 4 aromatic carbocycles. The molecular weight excluding hydrogens is 620 g/mol. The fourth-order valence-corrected chi connectivity index (χ4v) is 54.6. The zero-order valence-corrected chi connectivity index (χ0v) is 23.6. The van der Waals surface area contributed by atoms with Crippen LogP contribution < -0.4 is 17.0 Å². The van der Waals surface area contributed by atoms with Gasteiger partial charge in [0.25, 0.3) is 0 Å². The van der Waals surface area contributed by atoms with Gasteiger partial charge in [-0.15, -0.1) is 0 Å². The van der Waals surface area contributed by atoms with Gasteiger partial charge in [-0.3, -0.25) is 0 Å². The third-order valence-corrected chi connectivity index (χ3v) is 55.0. The number of hydrogen-bond acceptors (Lipinski definition) is 1. The zero-order chi connectivity index (χ0) is 22.2. The van der Waals surface area contributed by atoms with Gasteiger partial charge in [0.2, 0.25) is 0 Å². The van der Waals surface area contributed by atoms with Crippen LogP contribution in [0.4, 0.5) is 0 Å². The summed E-state index contributed by atoms with van der Waals surface area (Å²) in [6.07, 6.45) is 1.50. The Labute approximate surface area is 197 Å². The van der Waals surface area contributed by atoms with Gasteiger partial charge in [0, 0.05) is 0 Å². The molecule has 2 nitrogen and oxygen atoms in total. The predicted molar refractivity (Wildman–Crippen MR) is 135 cm³/mol. The van der Waals surface area contributed by atoms with Crippen LogP contribution in [0.25, 0.3) is 11.1 Å². The molecule has 5 rings (SSSR count). The number of carbonyl (C=O) groups excluding carboxylic acids is 1. The normalized spacial score (nSPS) is 13.7. The molecule has 32 heavy (non-hydrogen) atoms. The molecule has 0 unspecified atom stereocenters. The zero-order valence-electron chi connectivity index (χ0n) is 17.3. The molecule has 6 heteroatoms. The summed E-state index contributed by atoms with van der Waals surface area (Å²) in [6.45, 7) is 0. The molecule has 4 aromatic rings. The topological polar surface area (TPSA) is 29.1 Å². The van der Waals surface area contributed by atoms with E-state index in [1.54, 1.807) is 0 Å². The van der Waals surface area contributed by atoms with Crippen molar-refractivity contribution in [2.24, 2.45) is 0 Å². The summed E-state index contributed by atoms with van der Waals surface area (Å²) in [5.41, 5.74) is 4.82. The number of fused-ring (bicyclic) bond motifs is 3. The van der Waals surface area contributed by atoms with Gasteiger partial charge in [0.1, 0.15) is 0 Å². The summed E-state index contributed by atoms with van der Waals surface area (Å²) in [5.74, 6) is -2.26. The number of benzene rings is 4. The van der Waals surface area contributed by atoms with Crippen LogP contribution in [0, 0.1) is 0 Å². The molecule has 1 amide bonds. The minimum absolute atomic E-state index is 0.725. The Morgan fingerprint density at radius 1 is 0.719 bits per heavy atom. The van der Waals surface area contributed by atoms with E-state index in [0.717, 1.165) is 32.1 Å². The Bertz CT molecular complexity index is 1260. The van der Waals surface area contributed by atoms with Crippen molar-refractivity contribution in [3.8, 4) is 11.1 Å². The number of rotatable bonds is 6. The van der Waals surface area contributed by atoms with Crippen LogP contribution in [0.3, 0.4) is 0 Å². The van der Waals surface area contributed by atoms with E-state index in [2.05, 4.69) is 64.0 Å². The molecular formula is C26H22Cl2HfNOSi. The molecule has 0 spiro atoms. The summed E-state index contributed by atoms with van der Waals surface area (Å²) in [4.78, 5) is 12.1. The van der Waals surface area contributed by atoms with Gasteiger partial charge in [-0.2, -0.15) is 0 Å². The summed E-state index contributed by atoms with van der Waals surface area (Å²) in [7, 11) is 15.6. The number of nitrogens with one attached hydrogen (secondary N) is 1. The number of carbonyl (C=O) groups is 1. The molecule has 0 aromatic heterocycles. The Morgan fingerprint density at radius 3 is 1.91 bits per heavy atom. The molecule has 0 fully saturated rings. The molecule has 0 heterocycles. The fourth-order valence-electron chi connectivity index (χ4n) is 5.08. The average Bonchev–Trinajstić information content (AvgIpc) is 3.19. The van der Waals surface area contributed by atoms with Crippen LogP contribution >= 0.6 is 17.2 Å². The number of amides is 1. The van der Waals surface area contributed by atoms with E-state index in [1.165, 1.54) is 16.7 Å². The molecule has 0 atom stereocenters. The van der Waals surface area contributed by atoms with Crippen LogP contribution in [0.2, 0.25) is 0 Å². The second-order valence-corrected chi connectivity index (χ2v) is 57.3. The molecule has 1 aliphatic rings. The van der Waals surface area contributed by atoms with E-state index in [-0.39, 0.29) is 0 Å². The first-order valence-corrected chi connectivity index (χ1v) is 31.1. The third-order valence-electron chi connectivity index (χ3n) is 6.44. The second-order valence-electron chi connectivity index (χ2n) is 8.26. The van der Waals surface area contributed by atoms with Crippen LogP contribution in [0.15, 0.2) is 103 Å². The third kappa shape index (κ3) is 3.54. The van der Waals surface area contributed by atoms with Gasteiger partial charge >= 0.3 is 199 Å². The SMILES string of the molecule is O=C[NH][Hf]([Cl])([Cl])([c]1cccc2c1Cc1ccccc1-2)[SiH](c1ccccc1)c1ccccc1. The first-order chi connectivity index (χ1) is 15.5. The molecule has 0 saturated carbocycles. The predicted octanol–water partition coefficient (Wildman–Crippen LogP) is 4.08. The van der Waals surface area contributed by atoms with Gasteiger partial charge in [0.15, 0.2) is 0 Å². The second kappa shape index (κ2) is 8.42. The van der Waals surface area contributed by atoms with E-state index >= 15 is 0 Å². The van der Waals surface area contributed by atoms with Crippen molar-refractivity contribution < 1.29 is 20.4 Å². The van der Waals surface area contributed by atoms with Crippen molar-refractivity contribution in [2.75, 3.05) is 0 Å². The Hall–Kier alpha value is -1.98. The molecule has 0 aliphatic heterocycles. The van der Waals surface area contributed by atoms with Crippen LogP contribution in [0.5, 0.6) is 0 Å². The minimum atomic E-state index is -5.31. The van der Waals surface area contributed by atoms with Crippen molar-refractivity contribution in [1.29, 1.82) is 0 Å². The first-order valence-electron chi connectivity index (χ1n) is 10.6. The van der Waals surface area contributed by atoms with Crippen LogP contribution in [-0.2, 0) is 26.8 Å². The number of hydrogen-bond donors (Lipinski definition) is 1. The van der Waals surface area contributed by atoms with Gasteiger partial charge < -0.3 is 0 Å². The van der Waals surface area contributed by atoms with Crippen molar-refractivity contribution in [2.45, 2.75) is 6.42 Å². The van der Waals surface area contributed by atoms with E-state index in [4.69, 9.17) is 17.2 Å². The summed E-state index contributed by atoms with van der Waals surface area (Å²) in [5, 5.41) is 2.28. The molecule has 159 valence electrons. The summed E-state index contributed by atoms with van der Waals surface area (Å²) < 4.78 is 4.10. The number of halogens is 2. The van der Waals surface area contributed by atoms with E-state index in [9.17, 15) is 4.79 Å².